The van der Waals surface area contributed by atoms with Gasteiger partial charge in [0.25, 0.3) is 5.91 Å². The third-order valence-electron chi connectivity index (χ3n) is 3.91. The van der Waals surface area contributed by atoms with E-state index in [1.54, 1.807) is 30.3 Å². The number of carbonyl (C=O) groups is 2. The van der Waals surface area contributed by atoms with Crippen LogP contribution < -0.4 is 19.5 Å². The summed E-state index contributed by atoms with van der Waals surface area (Å²) in [6.07, 6.45) is -0.272. The highest BCUT2D eigenvalue weighted by Crippen LogP contribution is 2.31. The minimum absolute atomic E-state index is 0.216. The molecule has 2 aromatic rings. The standard InChI is InChI=1S/C20H23NO6/c1-13-4-7-15(8-5-13)27-12-19(22)21-16(11-20(23)24)14-6-9-17(25-2)18(10-14)26-3/h4-10,16H,11-12H2,1-3H3,(H,21,22)(H,23,24)/t16-/m1/s1. The molecule has 0 spiro atoms. The van der Waals surface area contributed by atoms with Crippen LogP contribution in [-0.4, -0.2) is 37.8 Å². The van der Waals surface area contributed by atoms with E-state index in [1.165, 1.54) is 14.2 Å². The Bertz CT molecular complexity index is 788. The fourth-order valence-corrected chi connectivity index (χ4v) is 2.52. The van der Waals surface area contributed by atoms with Crippen LogP contribution in [0.25, 0.3) is 0 Å². The van der Waals surface area contributed by atoms with Crippen LogP contribution in [-0.2, 0) is 9.59 Å². The number of carboxylic acid groups (broad SMARTS) is 1. The maximum absolute atomic E-state index is 12.2. The van der Waals surface area contributed by atoms with E-state index < -0.39 is 17.9 Å². The van der Waals surface area contributed by atoms with E-state index in [4.69, 9.17) is 14.2 Å². The summed E-state index contributed by atoms with van der Waals surface area (Å²) in [5, 5.41) is 11.9. The molecule has 0 bridgehead atoms. The Labute approximate surface area is 157 Å². The van der Waals surface area contributed by atoms with Crippen molar-refractivity contribution in [1.29, 1.82) is 0 Å². The lowest BCUT2D eigenvalue weighted by molar-refractivity contribution is -0.137. The van der Waals surface area contributed by atoms with Crippen molar-refractivity contribution in [2.24, 2.45) is 0 Å². The molecule has 0 saturated carbocycles. The fourth-order valence-electron chi connectivity index (χ4n) is 2.52. The van der Waals surface area contributed by atoms with Crippen molar-refractivity contribution in [2.45, 2.75) is 19.4 Å². The third-order valence-corrected chi connectivity index (χ3v) is 3.91. The van der Waals surface area contributed by atoms with Gasteiger partial charge in [0.1, 0.15) is 5.75 Å². The Morgan fingerprint density at radius 2 is 1.70 bits per heavy atom. The lowest BCUT2D eigenvalue weighted by Crippen LogP contribution is -2.33. The average molecular weight is 373 g/mol. The van der Waals surface area contributed by atoms with Crippen molar-refractivity contribution >= 4 is 11.9 Å². The quantitative estimate of drug-likeness (QED) is 0.702. The number of carboxylic acids is 1. The predicted octanol–water partition coefficient (Wildman–Crippen LogP) is 2.72. The Morgan fingerprint density at radius 1 is 1.04 bits per heavy atom. The van der Waals surface area contributed by atoms with E-state index in [9.17, 15) is 14.7 Å². The number of rotatable bonds is 9. The highest BCUT2D eigenvalue weighted by atomic mass is 16.5. The van der Waals surface area contributed by atoms with Gasteiger partial charge in [0.15, 0.2) is 18.1 Å². The molecule has 1 atom stereocenters. The summed E-state index contributed by atoms with van der Waals surface area (Å²) in [4.78, 5) is 23.5. The van der Waals surface area contributed by atoms with Gasteiger partial charge in [0, 0.05) is 0 Å². The molecule has 0 aromatic heterocycles. The molecular formula is C20H23NO6. The molecule has 0 heterocycles. The molecule has 2 aromatic carbocycles. The van der Waals surface area contributed by atoms with E-state index in [0.717, 1.165) is 5.56 Å². The Hall–Kier alpha value is -3.22. The number of nitrogens with one attached hydrogen (secondary N) is 1. The number of methoxy groups -OCH3 is 2. The number of hydrogen-bond acceptors (Lipinski definition) is 5. The Kier molecular flexibility index (Phi) is 7.05. The van der Waals surface area contributed by atoms with Crippen LogP contribution in [0.3, 0.4) is 0 Å². The van der Waals surface area contributed by atoms with Gasteiger partial charge in [-0.3, -0.25) is 9.59 Å². The van der Waals surface area contributed by atoms with Gasteiger partial charge < -0.3 is 24.6 Å². The number of aliphatic carboxylic acids is 1. The monoisotopic (exact) mass is 373 g/mol. The Balaban J connectivity index is 2.08. The SMILES string of the molecule is COc1ccc([C@@H](CC(=O)O)NC(=O)COc2ccc(C)cc2)cc1OC. The molecule has 2 rings (SSSR count). The lowest BCUT2D eigenvalue weighted by Gasteiger charge is -2.19. The molecule has 0 aliphatic heterocycles. The fraction of sp³-hybridized carbons (Fsp3) is 0.300. The zero-order chi connectivity index (χ0) is 19.8. The molecule has 0 aliphatic carbocycles. The van der Waals surface area contributed by atoms with Gasteiger partial charge in [0.2, 0.25) is 0 Å². The minimum Gasteiger partial charge on any atom is -0.493 e. The zero-order valence-corrected chi connectivity index (χ0v) is 15.5. The second-order valence-corrected chi connectivity index (χ2v) is 5.93. The third kappa shape index (κ3) is 5.91. The summed E-state index contributed by atoms with van der Waals surface area (Å²) in [7, 11) is 3.00. The smallest absolute Gasteiger partial charge is 0.305 e. The summed E-state index contributed by atoms with van der Waals surface area (Å²) in [5.74, 6) is 0.0858. The topological polar surface area (TPSA) is 94.1 Å². The van der Waals surface area contributed by atoms with E-state index in [1.807, 2.05) is 19.1 Å². The van der Waals surface area contributed by atoms with Crippen molar-refractivity contribution in [3.8, 4) is 17.2 Å². The normalized spacial score (nSPS) is 11.4. The van der Waals surface area contributed by atoms with Gasteiger partial charge in [-0.15, -0.1) is 0 Å². The maximum atomic E-state index is 12.2. The van der Waals surface area contributed by atoms with Gasteiger partial charge >= 0.3 is 5.97 Å². The van der Waals surface area contributed by atoms with Crippen LogP contribution in [0.15, 0.2) is 42.5 Å². The molecule has 0 radical (unpaired) electrons. The number of carbonyl (C=O) groups excluding carboxylic acids is 1. The first-order valence-corrected chi connectivity index (χ1v) is 8.35. The molecule has 0 unspecified atom stereocenters. The molecule has 27 heavy (non-hydrogen) atoms. The van der Waals surface area contributed by atoms with Gasteiger partial charge in [-0.2, -0.15) is 0 Å². The Morgan fingerprint density at radius 3 is 2.30 bits per heavy atom. The lowest BCUT2D eigenvalue weighted by atomic mass is 10.0. The molecule has 0 saturated heterocycles. The average Bonchev–Trinajstić information content (AvgIpc) is 2.66. The second-order valence-electron chi connectivity index (χ2n) is 5.93. The van der Waals surface area contributed by atoms with Crippen molar-refractivity contribution in [3.05, 3.63) is 53.6 Å². The summed E-state index contributed by atoms with van der Waals surface area (Å²) in [6, 6.07) is 11.6. The van der Waals surface area contributed by atoms with E-state index >= 15 is 0 Å². The molecule has 2 N–H and O–H groups in total. The molecule has 1 amide bonds. The van der Waals surface area contributed by atoms with Crippen LogP contribution in [0.2, 0.25) is 0 Å². The molecule has 0 fully saturated rings. The predicted molar refractivity (Wildman–Crippen MR) is 99.4 cm³/mol. The largest absolute Gasteiger partial charge is 0.493 e. The van der Waals surface area contributed by atoms with E-state index in [2.05, 4.69) is 5.32 Å². The highest BCUT2D eigenvalue weighted by molar-refractivity contribution is 5.79. The number of hydrogen-bond donors (Lipinski definition) is 2. The molecule has 7 heteroatoms. The first-order valence-electron chi connectivity index (χ1n) is 8.35. The zero-order valence-electron chi connectivity index (χ0n) is 15.5. The first kappa shape index (κ1) is 20.1. The molecule has 7 nitrogen and oxygen atoms in total. The maximum Gasteiger partial charge on any atom is 0.305 e. The number of amides is 1. The number of benzene rings is 2. The van der Waals surface area contributed by atoms with Crippen molar-refractivity contribution in [1.82, 2.24) is 5.32 Å². The van der Waals surface area contributed by atoms with Crippen LogP contribution in [0, 0.1) is 6.92 Å². The summed E-state index contributed by atoms with van der Waals surface area (Å²) in [5.41, 5.74) is 1.68. The van der Waals surface area contributed by atoms with Gasteiger partial charge in [0.05, 0.1) is 26.7 Å². The van der Waals surface area contributed by atoms with Crippen molar-refractivity contribution in [3.63, 3.8) is 0 Å². The van der Waals surface area contributed by atoms with Gasteiger partial charge in [-0.1, -0.05) is 23.8 Å². The second kappa shape index (κ2) is 9.47. The van der Waals surface area contributed by atoms with Crippen LogP contribution in [0.5, 0.6) is 17.2 Å². The van der Waals surface area contributed by atoms with E-state index in [-0.39, 0.29) is 13.0 Å². The summed E-state index contributed by atoms with van der Waals surface area (Å²) >= 11 is 0. The van der Waals surface area contributed by atoms with Gasteiger partial charge in [-0.25, -0.2) is 0 Å². The van der Waals surface area contributed by atoms with Crippen LogP contribution >= 0.6 is 0 Å². The number of ether oxygens (including phenoxy) is 3. The summed E-state index contributed by atoms with van der Waals surface area (Å²) < 4.78 is 15.9. The van der Waals surface area contributed by atoms with Crippen molar-refractivity contribution < 1.29 is 28.9 Å². The van der Waals surface area contributed by atoms with Crippen LogP contribution in [0.4, 0.5) is 0 Å². The van der Waals surface area contributed by atoms with Crippen LogP contribution in [0.1, 0.15) is 23.6 Å². The molecule has 0 aliphatic rings. The van der Waals surface area contributed by atoms with Crippen molar-refractivity contribution in [2.75, 3.05) is 20.8 Å². The minimum atomic E-state index is -1.03. The summed E-state index contributed by atoms with van der Waals surface area (Å²) in [6.45, 7) is 1.74. The molecule has 144 valence electrons. The van der Waals surface area contributed by atoms with Gasteiger partial charge in [-0.05, 0) is 36.8 Å². The highest BCUT2D eigenvalue weighted by Gasteiger charge is 2.20. The van der Waals surface area contributed by atoms with E-state index in [0.29, 0.717) is 22.8 Å². The first-order chi connectivity index (χ1) is 12.9. The molecular weight excluding hydrogens is 350 g/mol. The number of aryl methyl sites for hydroxylation is 1.